The monoisotopic (exact) mass is 474 g/mol. The molecule has 0 aliphatic heterocycles. The zero-order valence-electron chi connectivity index (χ0n) is 19.6. The van der Waals surface area contributed by atoms with Crippen LogP contribution in [0, 0.1) is 13.0 Å². The molecule has 0 amide bonds. The lowest BCUT2D eigenvalue weighted by molar-refractivity contribution is 0.488. The molecule has 0 spiro atoms. The van der Waals surface area contributed by atoms with E-state index in [1.165, 1.54) is 23.1 Å². The highest BCUT2D eigenvalue weighted by atomic mass is 32.2. The summed E-state index contributed by atoms with van der Waals surface area (Å²) in [5.74, 6) is 0.577. The third kappa shape index (κ3) is 5.33. The van der Waals surface area contributed by atoms with Gasteiger partial charge in [-0.15, -0.1) is 0 Å². The molecule has 4 rings (SSSR count). The first kappa shape index (κ1) is 23.6. The second-order valence-electron chi connectivity index (χ2n) is 9.83. The van der Waals surface area contributed by atoms with Gasteiger partial charge in [-0.3, -0.25) is 0 Å². The van der Waals surface area contributed by atoms with Crippen LogP contribution in [0.3, 0.4) is 0 Å². The number of nitrogens with zero attached hydrogens (tertiary/aromatic N) is 4. The van der Waals surface area contributed by atoms with Crippen molar-refractivity contribution in [1.82, 2.24) is 24.2 Å². The number of hydrogen-bond donors (Lipinski definition) is 2. The van der Waals surface area contributed by atoms with E-state index in [0.29, 0.717) is 30.7 Å². The van der Waals surface area contributed by atoms with Crippen LogP contribution in [0.1, 0.15) is 61.7 Å². The highest BCUT2D eigenvalue weighted by molar-refractivity contribution is 7.89. The summed E-state index contributed by atoms with van der Waals surface area (Å²) in [5.41, 5.74) is 11.1. The molecule has 0 saturated heterocycles. The average Bonchev–Trinajstić information content (AvgIpc) is 3.25. The lowest BCUT2D eigenvalue weighted by Gasteiger charge is -2.20. The van der Waals surface area contributed by atoms with Gasteiger partial charge in [-0.25, -0.2) is 18.1 Å². The third-order valence-electron chi connectivity index (χ3n) is 5.83. The summed E-state index contributed by atoms with van der Waals surface area (Å²) in [6.07, 6.45) is 3.25. The summed E-state index contributed by atoms with van der Waals surface area (Å²) < 4.78 is 43.3. The van der Waals surface area contributed by atoms with E-state index in [0.717, 1.165) is 18.4 Å². The van der Waals surface area contributed by atoms with Gasteiger partial charge in [-0.1, -0.05) is 12.1 Å². The normalized spacial score (nSPS) is 14.2. The summed E-state index contributed by atoms with van der Waals surface area (Å²) in [5, 5.41) is 0. The molecule has 1 aliphatic rings. The van der Waals surface area contributed by atoms with E-state index in [2.05, 4.69) is 38.7 Å². The van der Waals surface area contributed by atoms with Crippen molar-refractivity contribution in [3.8, 4) is 0 Å². The van der Waals surface area contributed by atoms with E-state index in [4.69, 9.17) is 5.73 Å². The highest BCUT2D eigenvalue weighted by Gasteiger charge is 2.22. The van der Waals surface area contributed by atoms with E-state index in [-0.39, 0.29) is 17.2 Å². The maximum Gasteiger partial charge on any atom is 0.312 e. The van der Waals surface area contributed by atoms with Crippen LogP contribution >= 0.6 is 0 Å². The SMILES string of the molecule is Cc1cc2c(cc1Cc1nc3c(N)nc(F)nc3n1CCCS(=O)(=O)NC(C)(C)C)CCC2. The molecule has 3 aromatic rings. The van der Waals surface area contributed by atoms with Crippen molar-refractivity contribution in [3.05, 3.63) is 46.3 Å². The summed E-state index contributed by atoms with van der Waals surface area (Å²) in [4.78, 5) is 12.2. The zero-order valence-corrected chi connectivity index (χ0v) is 20.4. The molecule has 33 heavy (non-hydrogen) atoms. The van der Waals surface area contributed by atoms with Gasteiger partial charge < -0.3 is 10.3 Å². The van der Waals surface area contributed by atoms with Crippen LogP contribution in [0.5, 0.6) is 0 Å². The van der Waals surface area contributed by atoms with Crippen LogP contribution in [-0.4, -0.2) is 39.2 Å². The molecule has 0 fully saturated rings. The molecule has 0 radical (unpaired) electrons. The predicted molar refractivity (Wildman–Crippen MR) is 127 cm³/mol. The summed E-state index contributed by atoms with van der Waals surface area (Å²) in [6, 6.07) is 4.47. The smallest absolute Gasteiger partial charge is 0.312 e. The van der Waals surface area contributed by atoms with Crippen molar-refractivity contribution in [3.63, 3.8) is 0 Å². The number of aromatic nitrogens is 4. The standard InChI is InChI=1S/C23H31FN6O2S/c1-14-11-15-7-5-8-16(15)12-17(14)13-18-26-19-20(25)27-22(24)28-21(19)30(18)9-6-10-33(31,32)29-23(2,3)4/h11-12,29H,5-10,13H2,1-4H3,(H2,25,27,28). The van der Waals surface area contributed by atoms with Gasteiger partial charge in [0.05, 0.1) is 5.75 Å². The van der Waals surface area contributed by atoms with Crippen LogP contribution in [0.25, 0.3) is 11.2 Å². The predicted octanol–water partition coefficient (Wildman–Crippen LogP) is 3.04. The molecule has 2 aromatic heterocycles. The van der Waals surface area contributed by atoms with E-state index in [9.17, 15) is 12.8 Å². The van der Waals surface area contributed by atoms with Crippen LogP contribution in [-0.2, 0) is 35.8 Å². The number of fused-ring (bicyclic) bond motifs is 2. The van der Waals surface area contributed by atoms with Crippen molar-refractivity contribution in [2.75, 3.05) is 11.5 Å². The van der Waals surface area contributed by atoms with Crippen LogP contribution in [0.4, 0.5) is 10.2 Å². The van der Waals surface area contributed by atoms with Crippen LogP contribution < -0.4 is 10.5 Å². The summed E-state index contributed by atoms with van der Waals surface area (Å²) >= 11 is 0. The van der Waals surface area contributed by atoms with Gasteiger partial charge in [0.1, 0.15) is 5.82 Å². The Kier molecular flexibility index (Phi) is 6.17. The Labute approximate surface area is 193 Å². The molecule has 10 heteroatoms. The number of benzene rings is 1. The fraction of sp³-hybridized carbons (Fsp3) is 0.522. The quantitative estimate of drug-likeness (QED) is 0.509. The minimum Gasteiger partial charge on any atom is -0.382 e. The number of rotatable bonds is 7. The van der Waals surface area contributed by atoms with Crippen molar-refractivity contribution >= 4 is 27.0 Å². The van der Waals surface area contributed by atoms with Gasteiger partial charge in [0.25, 0.3) is 0 Å². The Hall–Kier alpha value is -2.59. The van der Waals surface area contributed by atoms with Gasteiger partial charge in [-0.2, -0.15) is 14.4 Å². The molecule has 1 aromatic carbocycles. The van der Waals surface area contributed by atoms with E-state index < -0.39 is 21.6 Å². The van der Waals surface area contributed by atoms with Crippen molar-refractivity contribution < 1.29 is 12.8 Å². The number of nitrogens with two attached hydrogens (primary N) is 1. The molecular weight excluding hydrogens is 443 g/mol. The first-order chi connectivity index (χ1) is 15.4. The summed E-state index contributed by atoms with van der Waals surface area (Å²) in [7, 11) is -3.46. The molecule has 0 saturated carbocycles. The Bertz CT molecular complexity index is 1310. The fourth-order valence-corrected chi connectivity index (χ4v) is 6.04. The number of nitrogen functional groups attached to an aromatic ring is 1. The molecule has 0 bridgehead atoms. The van der Waals surface area contributed by atoms with E-state index in [1.807, 2.05) is 0 Å². The topological polar surface area (TPSA) is 116 Å². The average molecular weight is 475 g/mol. The lowest BCUT2D eigenvalue weighted by atomic mass is 9.98. The summed E-state index contributed by atoms with van der Waals surface area (Å²) in [6.45, 7) is 7.80. The van der Waals surface area contributed by atoms with Crippen molar-refractivity contribution in [2.24, 2.45) is 0 Å². The van der Waals surface area contributed by atoms with Crippen molar-refractivity contribution in [2.45, 2.75) is 71.9 Å². The molecule has 3 N–H and O–H groups in total. The maximum atomic E-state index is 14.0. The third-order valence-corrected chi connectivity index (χ3v) is 7.58. The van der Waals surface area contributed by atoms with Crippen LogP contribution in [0.15, 0.2) is 12.1 Å². The van der Waals surface area contributed by atoms with Gasteiger partial charge in [0.15, 0.2) is 17.0 Å². The van der Waals surface area contributed by atoms with E-state index in [1.54, 1.807) is 25.3 Å². The number of nitrogens with one attached hydrogen (secondary N) is 1. The Balaban J connectivity index is 1.66. The van der Waals surface area contributed by atoms with Gasteiger partial charge in [0, 0.05) is 18.5 Å². The maximum absolute atomic E-state index is 14.0. The molecule has 178 valence electrons. The molecule has 0 unspecified atom stereocenters. The number of sulfonamides is 1. The molecule has 1 aliphatic carbocycles. The minimum absolute atomic E-state index is 0.0230. The lowest BCUT2D eigenvalue weighted by Crippen LogP contribution is -2.41. The number of hydrogen-bond acceptors (Lipinski definition) is 6. The highest BCUT2D eigenvalue weighted by Crippen LogP contribution is 2.28. The molecule has 8 nitrogen and oxygen atoms in total. The minimum atomic E-state index is -3.46. The van der Waals surface area contributed by atoms with Crippen LogP contribution in [0.2, 0.25) is 0 Å². The first-order valence-corrected chi connectivity index (χ1v) is 12.9. The van der Waals surface area contributed by atoms with Crippen molar-refractivity contribution in [1.29, 1.82) is 0 Å². The molecular formula is C23H31FN6O2S. The zero-order chi connectivity index (χ0) is 24.0. The van der Waals surface area contributed by atoms with Gasteiger partial charge >= 0.3 is 6.08 Å². The van der Waals surface area contributed by atoms with Gasteiger partial charge in [-0.05, 0) is 75.6 Å². The number of halogens is 1. The molecule has 2 heterocycles. The second kappa shape index (κ2) is 8.64. The second-order valence-corrected chi connectivity index (χ2v) is 11.7. The Morgan fingerprint density at radius 3 is 2.55 bits per heavy atom. The first-order valence-electron chi connectivity index (χ1n) is 11.2. The van der Waals surface area contributed by atoms with Gasteiger partial charge in [0.2, 0.25) is 10.0 Å². The Morgan fingerprint density at radius 2 is 1.85 bits per heavy atom. The number of anilines is 1. The number of imidazole rings is 1. The number of aryl methyl sites for hydroxylation is 4. The Morgan fingerprint density at radius 1 is 1.15 bits per heavy atom. The largest absolute Gasteiger partial charge is 0.382 e. The molecule has 0 atom stereocenters. The fourth-order valence-electron chi connectivity index (χ4n) is 4.50. The van der Waals surface area contributed by atoms with E-state index >= 15 is 0 Å².